The molecule has 0 radical (unpaired) electrons. The van der Waals surface area contributed by atoms with Gasteiger partial charge in [-0.3, -0.25) is 0 Å². The van der Waals surface area contributed by atoms with Crippen molar-refractivity contribution >= 4 is 22.9 Å². The lowest BCUT2D eigenvalue weighted by atomic mass is 9.80. The smallest absolute Gasteiger partial charge is 0.0834 e. The fraction of sp³-hybridized carbons (Fsp3) is 0.462. The molecule has 1 heterocycles. The summed E-state index contributed by atoms with van der Waals surface area (Å²) in [4.78, 5) is 1.06. The normalized spacial score (nSPS) is 33.1. The Balaban J connectivity index is 2.12. The average molecular weight is 217 g/mol. The molecule has 3 unspecified atom stereocenters. The minimum Gasteiger partial charge on any atom is -0.350 e. The summed E-state index contributed by atoms with van der Waals surface area (Å²) in [5.41, 5.74) is 2.71. The molecule has 1 aliphatic heterocycles. The molecule has 3 rings (SSSR count). The van der Waals surface area contributed by atoms with Gasteiger partial charge in [-0.2, -0.15) is 0 Å². The topological polar surface area (TPSA) is 12.0 Å². The molecule has 1 nitrogen and oxygen atoms in total. The van der Waals surface area contributed by atoms with Crippen molar-refractivity contribution in [1.82, 2.24) is 0 Å². The third-order valence-electron chi connectivity index (χ3n) is 3.89. The predicted octanol–water partition coefficient (Wildman–Crippen LogP) is 3.57. The van der Waals surface area contributed by atoms with Gasteiger partial charge in [-0.05, 0) is 36.3 Å². The van der Waals surface area contributed by atoms with E-state index in [0.717, 1.165) is 10.9 Å². The van der Waals surface area contributed by atoms with Gasteiger partial charge in [0.05, 0.1) is 4.99 Å². The largest absolute Gasteiger partial charge is 0.350 e. The maximum atomic E-state index is 5.46. The number of rotatable bonds is 0. The van der Waals surface area contributed by atoms with Crippen LogP contribution in [0.3, 0.4) is 0 Å². The van der Waals surface area contributed by atoms with Crippen molar-refractivity contribution in [3.63, 3.8) is 0 Å². The van der Waals surface area contributed by atoms with Crippen LogP contribution in [0.5, 0.6) is 0 Å². The number of para-hydroxylation sites is 1. The van der Waals surface area contributed by atoms with Crippen molar-refractivity contribution in [2.75, 3.05) is 5.32 Å². The molecule has 0 aromatic heterocycles. The molecule has 2 heteroatoms. The maximum absolute atomic E-state index is 5.46. The molecule has 3 atom stereocenters. The van der Waals surface area contributed by atoms with E-state index in [9.17, 15) is 0 Å². The molecule has 0 bridgehead atoms. The minimum atomic E-state index is 0.588. The second-order valence-electron chi connectivity index (χ2n) is 4.76. The van der Waals surface area contributed by atoms with Crippen LogP contribution in [0.25, 0.3) is 0 Å². The first-order valence-electron chi connectivity index (χ1n) is 5.67. The van der Waals surface area contributed by atoms with Gasteiger partial charge in [-0.25, -0.2) is 0 Å². The highest BCUT2D eigenvalue weighted by atomic mass is 32.1. The van der Waals surface area contributed by atoms with Crippen LogP contribution in [-0.4, -0.2) is 4.99 Å². The Morgan fingerprint density at radius 3 is 2.93 bits per heavy atom. The average Bonchev–Trinajstić information content (AvgIpc) is 2.62. The third kappa shape index (κ3) is 1.31. The van der Waals surface area contributed by atoms with Crippen LogP contribution in [0.2, 0.25) is 0 Å². The van der Waals surface area contributed by atoms with Crippen LogP contribution in [0.15, 0.2) is 24.3 Å². The second-order valence-corrected chi connectivity index (χ2v) is 5.20. The van der Waals surface area contributed by atoms with Gasteiger partial charge in [0.15, 0.2) is 0 Å². The molecular weight excluding hydrogens is 202 g/mol. The quantitative estimate of drug-likeness (QED) is 0.667. The monoisotopic (exact) mass is 217 g/mol. The molecule has 15 heavy (non-hydrogen) atoms. The summed E-state index contributed by atoms with van der Waals surface area (Å²) in [7, 11) is 0. The number of anilines is 1. The van der Waals surface area contributed by atoms with Crippen molar-refractivity contribution in [1.29, 1.82) is 0 Å². The number of benzene rings is 1. The highest BCUT2D eigenvalue weighted by Crippen LogP contribution is 2.49. The summed E-state index contributed by atoms with van der Waals surface area (Å²) in [6.07, 6.45) is 2.57. The Bertz CT molecular complexity index is 413. The van der Waals surface area contributed by atoms with E-state index in [-0.39, 0.29) is 0 Å². The molecule has 1 saturated carbocycles. The van der Waals surface area contributed by atoms with Crippen molar-refractivity contribution < 1.29 is 0 Å². The van der Waals surface area contributed by atoms with E-state index in [0.29, 0.717) is 11.8 Å². The zero-order valence-electron chi connectivity index (χ0n) is 8.86. The van der Waals surface area contributed by atoms with Gasteiger partial charge in [-0.15, -0.1) is 0 Å². The first-order chi connectivity index (χ1) is 7.27. The van der Waals surface area contributed by atoms with E-state index >= 15 is 0 Å². The summed E-state index contributed by atoms with van der Waals surface area (Å²) < 4.78 is 0. The van der Waals surface area contributed by atoms with Crippen LogP contribution in [0, 0.1) is 11.8 Å². The van der Waals surface area contributed by atoms with Crippen molar-refractivity contribution in [2.45, 2.75) is 25.7 Å². The Hall–Kier alpha value is -0.890. The lowest BCUT2D eigenvalue weighted by Gasteiger charge is -2.32. The van der Waals surface area contributed by atoms with Crippen molar-refractivity contribution in [2.24, 2.45) is 11.8 Å². The fourth-order valence-electron chi connectivity index (χ4n) is 3.14. The lowest BCUT2D eigenvalue weighted by molar-refractivity contribution is 0.501. The van der Waals surface area contributed by atoms with E-state index in [1.165, 1.54) is 24.1 Å². The van der Waals surface area contributed by atoms with Crippen LogP contribution in [-0.2, 0) is 0 Å². The molecule has 0 spiro atoms. The Morgan fingerprint density at radius 1 is 1.27 bits per heavy atom. The Morgan fingerprint density at radius 2 is 2.07 bits per heavy atom. The van der Waals surface area contributed by atoms with E-state index in [2.05, 4.69) is 36.5 Å². The van der Waals surface area contributed by atoms with Crippen LogP contribution in [0.1, 0.15) is 31.2 Å². The molecule has 1 N–H and O–H groups in total. The number of hydrogen-bond acceptors (Lipinski definition) is 1. The molecule has 2 aliphatic rings. The first kappa shape index (κ1) is 9.34. The lowest BCUT2D eigenvalue weighted by Crippen LogP contribution is -2.30. The number of thiocarbonyl (C=S) groups is 1. The summed E-state index contributed by atoms with van der Waals surface area (Å²) in [6, 6.07) is 8.61. The van der Waals surface area contributed by atoms with Crippen LogP contribution in [0.4, 0.5) is 5.69 Å². The zero-order chi connectivity index (χ0) is 10.4. The third-order valence-corrected chi connectivity index (χ3v) is 4.30. The summed E-state index contributed by atoms with van der Waals surface area (Å²) in [6.45, 7) is 2.36. The summed E-state index contributed by atoms with van der Waals surface area (Å²) >= 11 is 5.46. The number of nitrogens with one attached hydrogen (secondary N) is 1. The Labute approximate surface area is 95.9 Å². The fourth-order valence-corrected chi connectivity index (χ4v) is 3.52. The van der Waals surface area contributed by atoms with E-state index in [4.69, 9.17) is 12.2 Å². The van der Waals surface area contributed by atoms with Crippen LogP contribution >= 0.6 is 12.2 Å². The van der Waals surface area contributed by atoms with E-state index < -0.39 is 0 Å². The van der Waals surface area contributed by atoms with Crippen LogP contribution < -0.4 is 5.32 Å². The molecule has 1 fully saturated rings. The predicted molar refractivity (Wildman–Crippen MR) is 67.3 cm³/mol. The molecule has 78 valence electrons. The van der Waals surface area contributed by atoms with Gasteiger partial charge in [0.1, 0.15) is 0 Å². The zero-order valence-corrected chi connectivity index (χ0v) is 9.68. The first-order valence-corrected chi connectivity index (χ1v) is 6.08. The SMILES string of the molecule is CC1CCC2C(=S)Nc3ccccc3C12. The molecule has 0 saturated heterocycles. The van der Waals surface area contributed by atoms with Gasteiger partial charge >= 0.3 is 0 Å². The maximum Gasteiger partial charge on any atom is 0.0834 e. The number of fused-ring (bicyclic) bond motifs is 3. The summed E-state index contributed by atoms with van der Waals surface area (Å²) in [5, 5.41) is 3.38. The Kier molecular flexibility index (Phi) is 2.06. The molecule has 1 aliphatic carbocycles. The molecule has 1 aromatic rings. The van der Waals surface area contributed by atoms with Crippen molar-refractivity contribution in [3.05, 3.63) is 29.8 Å². The van der Waals surface area contributed by atoms with Gasteiger partial charge in [0, 0.05) is 11.6 Å². The van der Waals surface area contributed by atoms with Gasteiger partial charge in [0.25, 0.3) is 0 Å². The summed E-state index contributed by atoms with van der Waals surface area (Å²) in [5.74, 6) is 2.02. The van der Waals surface area contributed by atoms with Gasteiger partial charge in [-0.1, -0.05) is 37.3 Å². The highest BCUT2D eigenvalue weighted by Gasteiger charge is 2.40. The molecular formula is C13H15NS. The van der Waals surface area contributed by atoms with Gasteiger partial charge < -0.3 is 5.32 Å². The van der Waals surface area contributed by atoms with E-state index in [1.54, 1.807) is 0 Å². The standard InChI is InChI=1S/C13H15NS/c1-8-6-7-10-12(8)9-4-2-3-5-11(9)14-13(10)15/h2-5,8,10,12H,6-7H2,1H3,(H,14,15). The van der Waals surface area contributed by atoms with Gasteiger partial charge in [0.2, 0.25) is 0 Å². The molecule has 0 amide bonds. The molecule has 1 aromatic carbocycles. The second kappa shape index (κ2) is 3.31. The number of hydrogen-bond donors (Lipinski definition) is 1. The highest BCUT2D eigenvalue weighted by molar-refractivity contribution is 7.80. The minimum absolute atomic E-state index is 0.588. The van der Waals surface area contributed by atoms with Crippen molar-refractivity contribution in [3.8, 4) is 0 Å². The van der Waals surface area contributed by atoms with E-state index in [1.807, 2.05) is 0 Å².